The Morgan fingerprint density at radius 3 is 2.29 bits per heavy atom. The van der Waals surface area contributed by atoms with Gasteiger partial charge in [0.15, 0.2) is 0 Å². The van der Waals surface area contributed by atoms with E-state index in [-0.39, 0.29) is 0 Å². The maximum Gasteiger partial charge on any atom is 0.118 e. The molecule has 0 saturated heterocycles. The lowest BCUT2D eigenvalue weighted by atomic mass is 9.94. The molecule has 0 amide bonds. The fourth-order valence-corrected chi connectivity index (χ4v) is 2.48. The number of pyridine rings is 1. The van der Waals surface area contributed by atoms with Crippen LogP contribution >= 0.6 is 0 Å². The highest BCUT2D eigenvalue weighted by molar-refractivity contribution is 5.34. The fourth-order valence-electron chi connectivity index (χ4n) is 2.48. The third kappa shape index (κ3) is 4.32. The van der Waals surface area contributed by atoms with Crippen LogP contribution in [-0.4, -0.2) is 12.1 Å². The SMILES string of the molecule is CCCCCc1ccc(C(C)c2ccc(OC)cc2)cn1. The second kappa shape index (κ2) is 7.82. The maximum atomic E-state index is 5.20. The summed E-state index contributed by atoms with van der Waals surface area (Å²) >= 11 is 0. The predicted octanol–water partition coefficient (Wildman–Crippen LogP) is 4.97. The molecule has 2 nitrogen and oxygen atoms in total. The average molecular weight is 283 g/mol. The highest BCUT2D eigenvalue weighted by Gasteiger charge is 2.09. The van der Waals surface area contributed by atoms with Crippen LogP contribution in [0.1, 0.15) is 55.8 Å². The molecule has 0 aliphatic carbocycles. The van der Waals surface area contributed by atoms with Crippen molar-refractivity contribution in [3.63, 3.8) is 0 Å². The van der Waals surface area contributed by atoms with Gasteiger partial charge in [-0.1, -0.05) is 44.9 Å². The molecule has 0 radical (unpaired) electrons. The van der Waals surface area contributed by atoms with Gasteiger partial charge in [0.05, 0.1) is 7.11 Å². The second-order valence-corrected chi connectivity index (χ2v) is 5.53. The number of methoxy groups -OCH3 is 1. The van der Waals surface area contributed by atoms with Crippen LogP contribution in [0.25, 0.3) is 0 Å². The first kappa shape index (κ1) is 15.6. The summed E-state index contributed by atoms with van der Waals surface area (Å²) in [7, 11) is 1.69. The van der Waals surface area contributed by atoms with Gasteiger partial charge in [-0.15, -0.1) is 0 Å². The summed E-state index contributed by atoms with van der Waals surface area (Å²) in [5.41, 5.74) is 3.75. The number of benzene rings is 1. The molecule has 0 bridgehead atoms. The zero-order chi connectivity index (χ0) is 15.1. The van der Waals surface area contributed by atoms with E-state index in [1.165, 1.54) is 36.1 Å². The van der Waals surface area contributed by atoms with E-state index < -0.39 is 0 Å². The summed E-state index contributed by atoms with van der Waals surface area (Å²) in [6.07, 6.45) is 6.89. The van der Waals surface area contributed by atoms with Crippen molar-refractivity contribution < 1.29 is 4.74 Å². The van der Waals surface area contributed by atoms with Crippen molar-refractivity contribution in [1.82, 2.24) is 4.98 Å². The van der Waals surface area contributed by atoms with Crippen LogP contribution in [-0.2, 0) is 6.42 Å². The molecule has 0 aliphatic rings. The van der Waals surface area contributed by atoms with E-state index in [4.69, 9.17) is 4.74 Å². The Morgan fingerprint density at radius 2 is 1.71 bits per heavy atom. The Kier molecular flexibility index (Phi) is 5.79. The van der Waals surface area contributed by atoms with E-state index >= 15 is 0 Å². The van der Waals surface area contributed by atoms with E-state index in [1.807, 2.05) is 18.3 Å². The minimum absolute atomic E-state index is 0.355. The Labute approximate surface area is 128 Å². The van der Waals surface area contributed by atoms with E-state index in [1.54, 1.807) is 7.11 Å². The largest absolute Gasteiger partial charge is 0.497 e. The number of rotatable bonds is 7. The quantitative estimate of drug-likeness (QED) is 0.669. The Hall–Kier alpha value is -1.83. The van der Waals surface area contributed by atoms with Gasteiger partial charge in [0.2, 0.25) is 0 Å². The van der Waals surface area contributed by atoms with Crippen LogP contribution in [0, 0.1) is 0 Å². The monoisotopic (exact) mass is 283 g/mol. The predicted molar refractivity (Wildman–Crippen MR) is 88.0 cm³/mol. The molecule has 0 saturated carbocycles. The zero-order valence-corrected chi connectivity index (χ0v) is 13.3. The zero-order valence-electron chi connectivity index (χ0n) is 13.3. The van der Waals surface area contributed by atoms with Gasteiger partial charge in [0, 0.05) is 17.8 Å². The first-order valence-electron chi connectivity index (χ1n) is 7.83. The van der Waals surface area contributed by atoms with Crippen molar-refractivity contribution >= 4 is 0 Å². The minimum Gasteiger partial charge on any atom is -0.497 e. The number of hydrogen-bond acceptors (Lipinski definition) is 2. The smallest absolute Gasteiger partial charge is 0.118 e. The van der Waals surface area contributed by atoms with E-state index in [9.17, 15) is 0 Å². The molecule has 1 atom stereocenters. The molecule has 1 heterocycles. The third-order valence-electron chi connectivity index (χ3n) is 4.00. The van der Waals surface area contributed by atoms with Gasteiger partial charge in [-0.25, -0.2) is 0 Å². The van der Waals surface area contributed by atoms with Gasteiger partial charge in [0.25, 0.3) is 0 Å². The average Bonchev–Trinajstić information content (AvgIpc) is 2.55. The molecule has 21 heavy (non-hydrogen) atoms. The van der Waals surface area contributed by atoms with Crippen LogP contribution in [0.3, 0.4) is 0 Å². The normalized spacial score (nSPS) is 12.1. The Morgan fingerprint density at radius 1 is 1.00 bits per heavy atom. The number of unbranched alkanes of at least 4 members (excludes halogenated alkanes) is 2. The van der Waals surface area contributed by atoms with Crippen molar-refractivity contribution in [2.45, 2.75) is 45.4 Å². The van der Waals surface area contributed by atoms with Gasteiger partial charge in [-0.2, -0.15) is 0 Å². The molecular formula is C19H25NO. The number of aromatic nitrogens is 1. The molecule has 2 heteroatoms. The highest BCUT2D eigenvalue weighted by atomic mass is 16.5. The van der Waals surface area contributed by atoms with Gasteiger partial charge in [0.1, 0.15) is 5.75 Å². The van der Waals surface area contributed by atoms with Crippen molar-refractivity contribution in [1.29, 1.82) is 0 Å². The lowest BCUT2D eigenvalue weighted by Gasteiger charge is -2.13. The topological polar surface area (TPSA) is 22.1 Å². The Bertz CT molecular complexity index is 530. The van der Waals surface area contributed by atoms with Crippen molar-refractivity contribution in [2.24, 2.45) is 0 Å². The number of hydrogen-bond donors (Lipinski definition) is 0. The van der Waals surface area contributed by atoms with Gasteiger partial charge in [-0.3, -0.25) is 4.98 Å². The summed E-state index contributed by atoms with van der Waals surface area (Å²) in [5.74, 6) is 1.25. The molecular weight excluding hydrogens is 258 g/mol. The van der Waals surface area contributed by atoms with Crippen LogP contribution in [0.15, 0.2) is 42.6 Å². The molecule has 1 unspecified atom stereocenters. The first-order chi connectivity index (χ1) is 10.2. The van der Waals surface area contributed by atoms with Gasteiger partial charge >= 0.3 is 0 Å². The Balaban J connectivity index is 2.02. The summed E-state index contributed by atoms with van der Waals surface area (Å²) < 4.78 is 5.20. The fraction of sp³-hybridized carbons (Fsp3) is 0.421. The van der Waals surface area contributed by atoms with Crippen LogP contribution in [0.4, 0.5) is 0 Å². The molecule has 1 aromatic carbocycles. The number of ether oxygens (including phenoxy) is 1. The minimum atomic E-state index is 0.355. The van der Waals surface area contributed by atoms with E-state index in [0.717, 1.165) is 12.2 Å². The molecule has 0 N–H and O–H groups in total. The van der Waals surface area contributed by atoms with E-state index in [2.05, 4.69) is 43.1 Å². The van der Waals surface area contributed by atoms with Crippen molar-refractivity contribution in [2.75, 3.05) is 7.11 Å². The van der Waals surface area contributed by atoms with Crippen LogP contribution < -0.4 is 4.74 Å². The molecule has 0 fully saturated rings. The summed E-state index contributed by atoms with van der Waals surface area (Å²) in [6.45, 7) is 4.45. The van der Waals surface area contributed by atoms with Crippen LogP contribution in [0.5, 0.6) is 5.75 Å². The summed E-state index contributed by atoms with van der Waals surface area (Å²) in [4.78, 5) is 4.61. The van der Waals surface area contributed by atoms with E-state index in [0.29, 0.717) is 5.92 Å². The number of nitrogens with zero attached hydrogens (tertiary/aromatic N) is 1. The standard InChI is InChI=1S/C19H25NO/c1-4-5-6-7-18-11-8-17(14-20-18)15(2)16-9-12-19(21-3)13-10-16/h8-15H,4-7H2,1-3H3. The first-order valence-corrected chi connectivity index (χ1v) is 7.83. The van der Waals surface area contributed by atoms with Gasteiger partial charge in [-0.05, 0) is 42.2 Å². The third-order valence-corrected chi connectivity index (χ3v) is 4.00. The molecule has 2 aromatic rings. The molecule has 112 valence electrons. The van der Waals surface area contributed by atoms with Gasteiger partial charge < -0.3 is 4.74 Å². The number of aryl methyl sites for hydroxylation is 1. The van der Waals surface area contributed by atoms with Crippen LogP contribution in [0.2, 0.25) is 0 Å². The lowest BCUT2D eigenvalue weighted by Crippen LogP contribution is -1.99. The molecule has 2 rings (SSSR count). The van der Waals surface area contributed by atoms with Crippen molar-refractivity contribution in [3.8, 4) is 5.75 Å². The maximum absolute atomic E-state index is 5.20. The molecule has 1 aromatic heterocycles. The molecule has 0 spiro atoms. The summed E-state index contributed by atoms with van der Waals surface area (Å²) in [5, 5.41) is 0. The molecule has 0 aliphatic heterocycles. The summed E-state index contributed by atoms with van der Waals surface area (Å²) in [6, 6.07) is 12.7. The lowest BCUT2D eigenvalue weighted by molar-refractivity contribution is 0.414. The highest BCUT2D eigenvalue weighted by Crippen LogP contribution is 2.25. The second-order valence-electron chi connectivity index (χ2n) is 5.53. The van der Waals surface area contributed by atoms with Crippen molar-refractivity contribution in [3.05, 3.63) is 59.4 Å².